The number of rotatable bonds is 9. The molecule has 2 amide bonds. The van der Waals surface area contributed by atoms with Crippen LogP contribution in [0.4, 0.5) is 0 Å². The molecule has 1 aromatic heterocycles. The minimum absolute atomic E-state index is 0.0990. The number of amides is 2. The van der Waals surface area contributed by atoms with Gasteiger partial charge in [0.25, 0.3) is 11.8 Å². The third-order valence-corrected chi connectivity index (χ3v) is 5.05. The van der Waals surface area contributed by atoms with Crippen LogP contribution in [-0.2, 0) is 9.53 Å². The topological polar surface area (TPSA) is 115 Å². The van der Waals surface area contributed by atoms with Gasteiger partial charge in [-0.25, -0.2) is 0 Å². The average molecular weight is 455 g/mol. The second-order valence-electron chi connectivity index (χ2n) is 7.38. The molecule has 0 spiro atoms. The highest BCUT2D eigenvalue weighted by Gasteiger charge is 2.17. The quantitative estimate of drug-likeness (QED) is 0.342. The molecule has 0 fully saturated rings. The Labute approximate surface area is 193 Å². The fourth-order valence-corrected chi connectivity index (χ4v) is 3.58. The summed E-state index contributed by atoms with van der Waals surface area (Å²) in [6, 6.07) is 8.55. The van der Waals surface area contributed by atoms with Gasteiger partial charge in [-0.2, -0.15) is 5.26 Å². The maximum absolute atomic E-state index is 12.5. The molecule has 33 heavy (non-hydrogen) atoms. The van der Waals surface area contributed by atoms with E-state index in [1.165, 1.54) is 19.3 Å². The Morgan fingerprint density at radius 1 is 1.18 bits per heavy atom. The SMILES string of the molecule is CCOc1ccc(C(=O)NNC(=O)/C(C#N)=C\c2cc(C)n(C(C)COC)c2C)cc1OC. The van der Waals surface area contributed by atoms with Crippen LogP contribution >= 0.6 is 0 Å². The second kappa shape index (κ2) is 11.7. The third-order valence-electron chi connectivity index (χ3n) is 5.05. The first-order valence-electron chi connectivity index (χ1n) is 10.5. The van der Waals surface area contributed by atoms with E-state index in [-0.39, 0.29) is 17.2 Å². The van der Waals surface area contributed by atoms with Crippen molar-refractivity contribution >= 4 is 17.9 Å². The minimum Gasteiger partial charge on any atom is -0.493 e. The van der Waals surface area contributed by atoms with Crippen LogP contribution in [0, 0.1) is 25.2 Å². The monoisotopic (exact) mass is 454 g/mol. The molecule has 9 heteroatoms. The number of benzene rings is 1. The van der Waals surface area contributed by atoms with Crippen molar-refractivity contribution < 1.29 is 23.8 Å². The van der Waals surface area contributed by atoms with Gasteiger partial charge in [0.15, 0.2) is 11.5 Å². The molecule has 2 rings (SSSR count). The zero-order valence-corrected chi connectivity index (χ0v) is 19.8. The van der Waals surface area contributed by atoms with Gasteiger partial charge in [-0.3, -0.25) is 20.4 Å². The van der Waals surface area contributed by atoms with Crippen molar-refractivity contribution in [3.05, 3.63) is 52.4 Å². The highest BCUT2D eigenvalue weighted by molar-refractivity contribution is 6.03. The summed E-state index contributed by atoms with van der Waals surface area (Å²) < 4.78 is 18.0. The predicted octanol–water partition coefficient (Wildman–Crippen LogP) is 3.09. The minimum atomic E-state index is -0.724. The lowest BCUT2D eigenvalue weighted by Crippen LogP contribution is -2.42. The van der Waals surface area contributed by atoms with Crippen LogP contribution in [0.5, 0.6) is 11.5 Å². The van der Waals surface area contributed by atoms with E-state index in [1.807, 2.05) is 39.8 Å². The molecule has 176 valence electrons. The number of carbonyl (C=O) groups is 2. The number of hydrogen-bond donors (Lipinski definition) is 2. The number of hydrogen-bond acceptors (Lipinski definition) is 6. The standard InChI is InChI=1S/C24H30N4O5/c1-7-33-21-9-8-18(12-22(21)32-6)23(29)26-27-24(30)20(13-25)11-19-10-15(2)28(17(19)4)16(3)14-31-5/h8-12,16H,7,14H2,1-6H3,(H,26,29)(H,27,30)/b20-11-. The molecular weight excluding hydrogens is 424 g/mol. The van der Waals surface area contributed by atoms with E-state index in [0.29, 0.717) is 24.7 Å². The first kappa shape index (κ1) is 25.5. The highest BCUT2D eigenvalue weighted by atomic mass is 16.5. The molecule has 0 aliphatic rings. The molecule has 0 radical (unpaired) electrons. The zero-order valence-electron chi connectivity index (χ0n) is 19.8. The molecule has 1 atom stereocenters. The van der Waals surface area contributed by atoms with Crippen molar-refractivity contribution in [3.8, 4) is 17.6 Å². The Balaban J connectivity index is 2.15. The summed E-state index contributed by atoms with van der Waals surface area (Å²) in [6.45, 7) is 8.73. The van der Waals surface area contributed by atoms with E-state index < -0.39 is 11.8 Å². The summed E-state index contributed by atoms with van der Waals surface area (Å²) in [5.74, 6) is -0.383. The Kier molecular flexibility index (Phi) is 9.07. The first-order chi connectivity index (χ1) is 15.8. The molecule has 2 aromatic rings. The number of aryl methyl sites for hydroxylation is 1. The number of nitrogens with zero attached hydrogens (tertiary/aromatic N) is 2. The van der Waals surface area contributed by atoms with Crippen molar-refractivity contribution in [2.75, 3.05) is 27.4 Å². The van der Waals surface area contributed by atoms with Gasteiger partial charge >= 0.3 is 0 Å². The average Bonchev–Trinajstić information content (AvgIpc) is 3.08. The van der Waals surface area contributed by atoms with E-state index >= 15 is 0 Å². The van der Waals surface area contributed by atoms with Gasteiger partial charge in [-0.15, -0.1) is 0 Å². The van der Waals surface area contributed by atoms with Gasteiger partial charge in [0.1, 0.15) is 11.6 Å². The van der Waals surface area contributed by atoms with Crippen molar-refractivity contribution in [3.63, 3.8) is 0 Å². The van der Waals surface area contributed by atoms with E-state index in [1.54, 1.807) is 19.2 Å². The molecule has 0 bridgehead atoms. The lowest BCUT2D eigenvalue weighted by Gasteiger charge is -2.17. The molecule has 0 saturated carbocycles. The van der Waals surface area contributed by atoms with Crippen LogP contribution in [0.1, 0.15) is 47.2 Å². The van der Waals surface area contributed by atoms with Gasteiger partial charge in [-0.1, -0.05) is 0 Å². The van der Waals surface area contributed by atoms with Gasteiger partial charge in [0.2, 0.25) is 0 Å². The maximum atomic E-state index is 12.5. The Morgan fingerprint density at radius 2 is 1.91 bits per heavy atom. The third kappa shape index (κ3) is 6.14. The van der Waals surface area contributed by atoms with Gasteiger partial charge < -0.3 is 18.8 Å². The summed E-state index contributed by atoms with van der Waals surface area (Å²) in [7, 11) is 3.11. The molecule has 9 nitrogen and oxygen atoms in total. The van der Waals surface area contributed by atoms with Crippen LogP contribution < -0.4 is 20.3 Å². The summed E-state index contributed by atoms with van der Waals surface area (Å²) >= 11 is 0. The van der Waals surface area contributed by atoms with Crippen LogP contribution in [0.25, 0.3) is 6.08 Å². The number of ether oxygens (including phenoxy) is 3. The van der Waals surface area contributed by atoms with Crippen molar-refractivity contribution in [2.45, 2.75) is 33.7 Å². The largest absolute Gasteiger partial charge is 0.493 e. The zero-order chi connectivity index (χ0) is 24.5. The van der Waals surface area contributed by atoms with Crippen molar-refractivity contribution in [2.24, 2.45) is 0 Å². The summed E-state index contributed by atoms with van der Waals surface area (Å²) in [5.41, 5.74) is 7.35. The normalized spacial score (nSPS) is 12.0. The molecule has 2 N–H and O–H groups in total. The number of nitriles is 1. The van der Waals surface area contributed by atoms with E-state index in [0.717, 1.165) is 17.0 Å². The summed E-state index contributed by atoms with van der Waals surface area (Å²) in [6.07, 6.45) is 1.50. The summed E-state index contributed by atoms with van der Waals surface area (Å²) in [5, 5.41) is 9.50. The van der Waals surface area contributed by atoms with Gasteiger partial charge in [-0.05, 0) is 63.6 Å². The lowest BCUT2D eigenvalue weighted by atomic mass is 10.1. The second-order valence-corrected chi connectivity index (χ2v) is 7.38. The van der Waals surface area contributed by atoms with Gasteiger partial charge in [0, 0.05) is 24.1 Å². The van der Waals surface area contributed by atoms with E-state index in [4.69, 9.17) is 14.2 Å². The first-order valence-corrected chi connectivity index (χ1v) is 10.5. The molecule has 0 aliphatic heterocycles. The fraction of sp³-hybridized carbons (Fsp3) is 0.375. The number of aromatic nitrogens is 1. The Morgan fingerprint density at radius 3 is 2.52 bits per heavy atom. The Bertz CT molecular complexity index is 1080. The molecule has 1 unspecified atom stereocenters. The molecule has 1 aromatic carbocycles. The van der Waals surface area contributed by atoms with Crippen LogP contribution in [-0.4, -0.2) is 43.8 Å². The molecule has 0 aliphatic carbocycles. The molecule has 0 saturated heterocycles. The maximum Gasteiger partial charge on any atom is 0.280 e. The van der Waals surface area contributed by atoms with E-state index in [2.05, 4.69) is 15.4 Å². The van der Waals surface area contributed by atoms with Crippen LogP contribution in [0.3, 0.4) is 0 Å². The van der Waals surface area contributed by atoms with Crippen LogP contribution in [0.15, 0.2) is 29.8 Å². The van der Waals surface area contributed by atoms with Crippen molar-refractivity contribution in [1.82, 2.24) is 15.4 Å². The summed E-state index contributed by atoms with van der Waals surface area (Å²) in [4.78, 5) is 25.0. The molecular formula is C24H30N4O5. The van der Waals surface area contributed by atoms with Crippen molar-refractivity contribution in [1.29, 1.82) is 5.26 Å². The number of methoxy groups -OCH3 is 2. The number of carbonyl (C=O) groups excluding carboxylic acids is 2. The predicted molar refractivity (Wildman–Crippen MR) is 124 cm³/mol. The van der Waals surface area contributed by atoms with Crippen LogP contribution in [0.2, 0.25) is 0 Å². The number of nitrogens with one attached hydrogen (secondary N) is 2. The fourth-order valence-electron chi connectivity index (χ4n) is 3.58. The lowest BCUT2D eigenvalue weighted by molar-refractivity contribution is -0.117. The molecule has 1 heterocycles. The van der Waals surface area contributed by atoms with Gasteiger partial charge in [0.05, 0.1) is 26.4 Å². The van der Waals surface area contributed by atoms with E-state index in [9.17, 15) is 14.9 Å². The smallest absolute Gasteiger partial charge is 0.280 e. The Hall–Kier alpha value is -3.77. The highest BCUT2D eigenvalue weighted by Crippen LogP contribution is 2.28. The number of hydrazine groups is 1.